The van der Waals surface area contributed by atoms with E-state index in [4.69, 9.17) is 21.1 Å². The molecule has 2 rings (SSSR count). The number of likely N-dealkylation sites (tertiary alicyclic amines) is 1. The highest BCUT2D eigenvalue weighted by Gasteiger charge is 2.21. The molecule has 0 spiro atoms. The number of aliphatic imine (C=N–C) groups is 1. The molecule has 27 heavy (non-hydrogen) atoms. The van der Waals surface area contributed by atoms with Crippen LogP contribution in [0.3, 0.4) is 0 Å². The van der Waals surface area contributed by atoms with Gasteiger partial charge in [-0.3, -0.25) is 0 Å². The number of halogens is 3. The summed E-state index contributed by atoms with van der Waals surface area (Å²) in [6, 6.07) is 4.73. The van der Waals surface area contributed by atoms with Crippen molar-refractivity contribution < 1.29 is 13.9 Å². The number of piperidine rings is 1. The number of nitrogens with zero attached hydrogens (tertiary/aromatic N) is 2. The Morgan fingerprint density at radius 2 is 2.07 bits per heavy atom. The first kappa shape index (κ1) is 24.4. The summed E-state index contributed by atoms with van der Waals surface area (Å²) in [6.07, 6.45) is 3.21. The summed E-state index contributed by atoms with van der Waals surface area (Å²) in [5, 5.41) is 3.47. The largest absolute Gasteiger partial charge is 0.385 e. The number of ether oxygens (including phenoxy) is 2. The number of nitrogens with one attached hydrogen (secondary N) is 1. The van der Waals surface area contributed by atoms with Gasteiger partial charge in [0.2, 0.25) is 0 Å². The van der Waals surface area contributed by atoms with E-state index in [1.165, 1.54) is 6.07 Å². The van der Waals surface area contributed by atoms with Crippen LogP contribution in [0.4, 0.5) is 4.39 Å². The molecule has 0 unspecified atom stereocenters. The molecule has 0 amide bonds. The Morgan fingerprint density at radius 1 is 1.33 bits per heavy atom. The summed E-state index contributed by atoms with van der Waals surface area (Å²) >= 11 is 5.85. The van der Waals surface area contributed by atoms with Crippen LogP contribution >= 0.6 is 35.6 Å². The Labute approximate surface area is 183 Å². The van der Waals surface area contributed by atoms with E-state index in [-0.39, 0.29) is 29.0 Å². The highest BCUT2D eigenvalue weighted by molar-refractivity contribution is 14.0. The van der Waals surface area contributed by atoms with Gasteiger partial charge in [-0.05, 0) is 43.9 Å². The van der Waals surface area contributed by atoms with Gasteiger partial charge in [-0.25, -0.2) is 9.38 Å². The lowest BCUT2D eigenvalue weighted by atomic mass is 10.1. The van der Waals surface area contributed by atoms with E-state index in [9.17, 15) is 4.39 Å². The van der Waals surface area contributed by atoms with Crippen LogP contribution in [0.15, 0.2) is 23.2 Å². The van der Waals surface area contributed by atoms with Crippen molar-refractivity contribution in [3.63, 3.8) is 0 Å². The van der Waals surface area contributed by atoms with Gasteiger partial charge < -0.3 is 19.7 Å². The zero-order chi connectivity index (χ0) is 18.8. The van der Waals surface area contributed by atoms with Gasteiger partial charge in [-0.1, -0.05) is 17.7 Å². The summed E-state index contributed by atoms with van der Waals surface area (Å²) in [5.74, 6) is 0.477. The van der Waals surface area contributed by atoms with Crippen LogP contribution in [-0.4, -0.2) is 56.9 Å². The van der Waals surface area contributed by atoms with Gasteiger partial charge in [0, 0.05) is 40.0 Å². The molecule has 0 atom stereocenters. The molecule has 1 aliphatic heterocycles. The van der Waals surface area contributed by atoms with Gasteiger partial charge >= 0.3 is 0 Å². The summed E-state index contributed by atoms with van der Waals surface area (Å²) in [7, 11) is 1.71. The first-order chi connectivity index (χ1) is 12.6. The maximum Gasteiger partial charge on any atom is 0.194 e. The Kier molecular flexibility index (Phi) is 12.2. The quantitative estimate of drug-likeness (QED) is 0.246. The van der Waals surface area contributed by atoms with Crippen LogP contribution in [0.1, 0.15) is 31.7 Å². The average molecular weight is 514 g/mol. The Balaban J connectivity index is 0.00000364. The molecule has 1 aromatic carbocycles. The molecule has 0 aromatic heterocycles. The van der Waals surface area contributed by atoms with E-state index < -0.39 is 5.82 Å². The third-order valence-electron chi connectivity index (χ3n) is 4.32. The second-order valence-corrected chi connectivity index (χ2v) is 6.73. The molecule has 154 valence electrons. The second kappa shape index (κ2) is 13.5. The molecule has 1 aromatic rings. The Morgan fingerprint density at radius 3 is 2.70 bits per heavy atom. The van der Waals surface area contributed by atoms with Gasteiger partial charge in [-0.2, -0.15) is 0 Å². The molecule has 0 aliphatic carbocycles. The minimum atomic E-state index is -0.404. The van der Waals surface area contributed by atoms with Crippen molar-refractivity contribution in [2.24, 2.45) is 4.99 Å². The van der Waals surface area contributed by atoms with Crippen LogP contribution in [-0.2, 0) is 16.0 Å². The van der Waals surface area contributed by atoms with Crippen LogP contribution in [0.5, 0.6) is 0 Å². The lowest BCUT2D eigenvalue weighted by molar-refractivity contribution is 0.00990. The van der Waals surface area contributed by atoms with Crippen LogP contribution in [0.2, 0.25) is 5.02 Å². The van der Waals surface area contributed by atoms with Crippen molar-refractivity contribution in [1.82, 2.24) is 10.2 Å². The van der Waals surface area contributed by atoms with E-state index in [0.717, 1.165) is 63.6 Å². The van der Waals surface area contributed by atoms with Crippen molar-refractivity contribution in [1.29, 1.82) is 0 Å². The fourth-order valence-electron chi connectivity index (χ4n) is 2.92. The normalized spacial score (nSPS) is 15.6. The Hall–Kier alpha value is -0.640. The number of benzene rings is 1. The van der Waals surface area contributed by atoms with Gasteiger partial charge in [0.05, 0.1) is 17.7 Å². The minimum Gasteiger partial charge on any atom is -0.385 e. The summed E-state index contributed by atoms with van der Waals surface area (Å²) < 4.78 is 24.2. The van der Waals surface area contributed by atoms with Gasteiger partial charge in [0.25, 0.3) is 0 Å². The second-order valence-electron chi connectivity index (χ2n) is 6.32. The van der Waals surface area contributed by atoms with Crippen molar-refractivity contribution in [2.45, 2.75) is 38.8 Å². The fourth-order valence-corrected chi connectivity index (χ4v) is 3.12. The predicted molar refractivity (Wildman–Crippen MR) is 119 cm³/mol. The Bertz CT molecular complexity index is 584. The number of rotatable bonds is 8. The number of hydrogen-bond donors (Lipinski definition) is 1. The zero-order valence-electron chi connectivity index (χ0n) is 16.0. The third-order valence-corrected chi connectivity index (χ3v) is 4.61. The maximum absolute atomic E-state index is 13.3. The monoisotopic (exact) mass is 513 g/mol. The van der Waals surface area contributed by atoms with Gasteiger partial charge in [0.1, 0.15) is 5.82 Å². The highest BCUT2D eigenvalue weighted by atomic mass is 127. The first-order valence-electron chi connectivity index (χ1n) is 9.21. The molecular weight excluding hydrogens is 484 g/mol. The van der Waals surface area contributed by atoms with E-state index in [2.05, 4.69) is 22.1 Å². The molecule has 0 saturated carbocycles. The topological polar surface area (TPSA) is 46.1 Å². The standard InChI is InChI=1S/C19H29ClFN3O2.HI/c1-3-22-19(23-14-15-5-6-18(21)17(20)13-15)24-9-7-16(8-10-24)26-12-4-11-25-2;/h5-6,13,16H,3-4,7-12,14H2,1-2H3,(H,22,23);1H. The molecule has 0 radical (unpaired) electrons. The first-order valence-corrected chi connectivity index (χ1v) is 9.59. The number of hydrogen-bond acceptors (Lipinski definition) is 3. The molecule has 1 saturated heterocycles. The molecule has 0 bridgehead atoms. The summed E-state index contributed by atoms with van der Waals surface area (Å²) in [6.45, 7) is 6.62. The summed E-state index contributed by atoms with van der Waals surface area (Å²) in [5.41, 5.74) is 0.892. The smallest absolute Gasteiger partial charge is 0.194 e. The van der Waals surface area contributed by atoms with Gasteiger partial charge in [-0.15, -0.1) is 24.0 Å². The van der Waals surface area contributed by atoms with Crippen LogP contribution < -0.4 is 5.32 Å². The molecule has 1 fully saturated rings. The lowest BCUT2D eigenvalue weighted by Gasteiger charge is -2.34. The molecule has 1 heterocycles. The van der Waals surface area contributed by atoms with E-state index in [1.54, 1.807) is 19.2 Å². The molecule has 5 nitrogen and oxygen atoms in total. The van der Waals surface area contributed by atoms with Crippen LogP contribution in [0.25, 0.3) is 0 Å². The SMILES string of the molecule is CCNC(=NCc1ccc(F)c(Cl)c1)N1CCC(OCCCOC)CC1.I. The lowest BCUT2D eigenvalue weighted by Crippen LogP contribution is -2.47. The highest BCUT2D eigenvalue weighted by Crippen LogP contribution is 2.17. The number of methoxy groups -OCH3 is 1. The molecule has 1 aliphatic rings. The average Bonchev–Trinajstić information content (AvgIpc) is 2.65. The van der Waals surface area contributed by atoms with Crippen molar-refractivity contribution >= 4 is 41.5 Å². The fraction of sp³-hybridized carbons (Fsp3) is 0.632. The summed E-state index contributed by atoms with van der Waals surface area (Å²) in [4.78, 5) is 6.94. The van der Waals surface area contributed by atoms with Crippen molar-refractivity contribution in [3.8, 4) is 0 Å². The zero-order valence-corrected chi connectivity index (χ0v) is 19.1. The molecule has 1 N–H and O–H groups in total. The third kappa shape index (κ3) is 8.50. The van der Waals surface area contributed by atoms with Crippen LogP contribution in [0, 0.1) is 5.82 Å². The van der Waals surface area contributed by atoms with Crippen molar-refractivity contribution in [2.75, 3.05) is 40.0 Å². The molecular formula is C19H30ClFIN3O2. The number of guanidine groups is 1. The van der Waals surface area contributed by atoms with Gasteiger partial charge in [0.15, 0.2) is 5.96 Å². The minimum absolute atomic E-state index is 0. The van der Waals surface area contributed by atoms with Crippen molar-refractivity contribution in [3.05, 3.63) is 34.6 Å². The maximum atomic E-state index is 13.3. The van der Waals surface area contributed by atoms with E-state index in [0.29, 0.717) is 12.6 Å². The van der Waals surface area contributed by atoms with E-state index in [1.807, 2.05) is 0 Å². The predicted octanol–water partition coefficient (Wildman–Crippen LogP) is 4.08. The van der Waals surface area contributed by atoms with E-state index >= 15 is 0 Å². The molecule has 8 heteroatoms.